The minimum Gasteiger partial charge on any atom is -0.384 e. The molecule has 0 saturated carbocycles. The van der Waals surface area contributed by atoms with Crippen molar-refractivity contribution < 1.29 is 9.90 Å². The number of aromatic nitrogens is 2. The third-order valence-corrected chi connectivity index (χ3v) is 3.90. The van der Waals surface area contributed by atoms with Crippen LogP contribution in [0, 0.1) is 0 Å². The van der Waals surface area contributed by atoms with Crippen molar-refractivity contribution in [1.82, 2.24) is 15.1 Å². The smallest absolute Gasteiger partial charge is 0.248 e. The van der Waals surface area contributed by atoms with Gasteiger partial charge in [-0.2, -0.15) is 5.10 Å². The maximum atomic E-state index is 11.7. The molecule has 2 aromatic carbocycles. The van der Waals surface area contributed by atoms with Crippen LogP contribution >= 0.6 is 0 Å². The van der Waals surface area contributed by atoms with Gasteiger partial charge in [0.05, 0.1) is 12.2 Å². The molecule has 1 amide bonds. The van der Waals surface area contributed by atoms with Gasteiger partial charge in [-0.05, 0) is 12.5 Å². The third kappa shape index (κ3) is 4.33. The summed E-state index contributed by atoms with van der Waals surface area (Å²) in [6.45, 7) is 2.43. The van der Waals surface area contributed by atoms with Gasteiger partial charge >= 0.3 is 0 Å². The quantitative estimate of drug-likeness (QED) is 0.728. The highest BCUT2D eigenvalue weighted by molar-refractivity contribution is 5.80. The SMILES string of the molecule is CC(O)C(=O)NCc1cn(Cc2ccccc2)nc1-c1ccccc1. The standard InChI is InChI=1S/C20H21N3O2/c1-15(24)20(25)21-12-18-14-23(13-16-8-4-2-5-9-16)22-19(18)17-10-6-3-7-11-17/h2-11,14-15,24H,12-13H2,1H3,(H,21,25). The molecule has 128 valence electrons. The molecule has 0 radical (unpaired) electrons. The topological polar surface area (TPSA) is 67.2 Å². The Kier molecular flexibility index (Phi) is 5.26. The van der Waals surface area contributed by atoms with E-state index >= 15 is 0 Å². The van der Waals surface area contributed by atoms with Crippen LogP contribution in [-0.4, -0.2) is 26.9 Å². The molecular weight excluding hydrogens is 314 g/mol. The lowest BCUT2D eigenvalue weighted by Crippen LogP contribution is -2.31. The van der Waals surface area contributed by atoms with E-state index in [0.29, 0.717) is 13.1 Å². The van der Waals surface area contributed by atoms with E-state index < -0.39 is 12.0 Å². The summed E-state index contributed by atoms with van der Waals surface area (Å²) in [7, 11) is 0. The highest BCUT2D eigenvalue weighted by Gasteiger charge is 2.14. The maximum Gasteiger partial charge on any atom is 0.248 e. The van der Waals surface area contributed by atoms with Crippen molar-refractivity contribution in [2.24, 2.45) is 0 Å². The normalized spacial score (nSPS) is 11.9. The van der Waals surface area contributed by atoms with Crippen molar-refractivity contribution in [2.45, 2.75) is 26.1 Å². The van der Waals surface area contributed by atoms with Crippen molar-refractivity contribution in [3.63, 3.8) is 0 Å². The van der Waals surface area contributed by atoms with Gasteiger partial charge in [0, 0.05) is 23.9 Å². The molecule has 0 aliphatic heterocycles. The highest BCUT2D eigenvalue weighted by atomic mass is 16.3. The van der Waals surface area contributed by atoms with Gasteiger partial charge in [-0.3, -0.25) is 9.48 Å². The highest BCUT2D eigenvalue weighted by Crippen LogP contribution is 2.22. The van der Waals surface area contributed by atoms with Crippen LogP contribution in [0.15, 0.2) is 66.9 Å². The number of hydrogen-bond donors (Lipinski definition) is 2. The predicted octanol–water partition coefficient (Wildman–Crippen LogP) is 2.60. The first kappa shape index (κ1) is 16.9. The lowest BCUT2D eigenvalue weighted by molar-refractivity contribution is -0.128. The number of nitrogens with zero attached hydrogens (tertiary/aromatic N) is 2. The maximum absolute atomic E-state index is 11.7. The number of hydrogen-bond acceptors (Lipinski definition) is 3. The zero-order valence-corrected chi connectivity index (χ0v) is 14.1. The molecule has 1 atom stereocenters. The van der Waals surface area contributed by atoms with E-state index in [0.717, 1.165) is 22.4 Å². The second-order valence-corrected chi connectivity index (χ2v) is 5.95. The first-order chi connectivity index (χ1) is 12.1. The van der Waals surface area contributed by atoms with Gasteiger partial charge in [-0.25, -0.2) is 0 Å². The lowest BCUT2D eigenvalue weighted by atomic mass is 10.1. The predicted molar refractivity (Wildman–Crippen MR) is 96.7 cm³/mol. The van der Waals surface area contributed by atoms with Gasteiger partial charge in [0.25, 0.3) is 0 Å². The molecule has 5 heteroatoms. The van der Waals surface area contributed by atoms with E-state index in [1.54, 1.807) is 0 Å². The summed E-state index contributed by atoms with van der Waals surface area (Å²) in [6.07, 6.45) is 0.914. The van der Waals surface area contributed by atoms with Crippen LogP contribution in [0.25, 0.3) is 11.3 Å². The van der Waals surface area contributed by atoms with Crippen LogP contribution in [0.1, 0.15) is 18.1 Å². The van der Waals surface area contributed by atoms with Gasteiger partial charge in [-0.1, -0.05) is 60.7 Å². The summed E-state index contributed by atoms with van der Waals surface area (Å²) in [5.74, 6) is -0.394. The minimum absolute atomic E-state index is 0.322. The van der Waals surface area contributed by atoms with Crippen molar-refractivity contribution in [2.75, 3.05) is 0 Å². The number of aliphatic hydroxyl groups excluding tert-OH is 1. The Morgan fingerprint density at radius 3 is 2.40 bits per heavy atom. The third-order valence-electron chi connectivity index (χ3n) is 3.90. The summed E-state index contributed by atoms with van der Waals surface area (Å²) in [5, 5.41) is 16.8. The lowest BCUT2D eigenvalue weighted by Gasteiger charge is -2.07. The summed E-state index contributed by atoms with van der Waals surface area (Å²) in [5.41, 5.74) is 3.90. The van der Waals surface area contributed by atoms with E-state index in [2.05, 4.69) is 17.4 Å². The number of benzene rings is 2. The van der Waals surface area contributed by atoms with Gasteiger partial charge in [0.15, 0.2) is 0 Å². The van der Waals surface area contributed by atoms with Gasteiger partial charge < -0.3 is 10.4 Å². The Morgan fingerprint density at radius 2 is 1.76 bits per heavy atom. The minimum atomic E-state index is -1.03. The number of nitrogens with one attached hydrogen (secondary N) is 1. The Bertz CT molecular complexity index is 827. The van der Waals surface area contributed by atoms with Gasteiger partial charge in [0.2, 0.25) is 5.91 Å². The van der Waals surface area contributed by atoms with E-state index in [1.165, 1.54) is 6.92 Å². The molecular formula is C20H21N3O2. The fourth-order valence-corrected chi connectivity index (χ4v) is 2.61. The second-order valence-electron chi connectivity index (χ2n) is 5.95. The fourth-order valence-electron chi connectivity index (χ4n) is 2.61. The second kappa shape index (κ2) is 7.77. The first-order valence-corrected chi connectivity index (χ1v) is 8.25. The molecule has 0 aliphatic carbocycles. The number of carbonyl (C=O) groups excluding carboxylic acids is 1. The van der Waals surface area contributed by atoms with E-state index in [4.69, 9.17) is 5.10 Å². The number of carbonyl (C=O) groups is 1. The molecule has 3 rings (SSSR count). The summed E-state index contributed by atoms with van der Waals surface area (Å²) >= 11 is 0. The molecule has 1 aromatic heterocycles. The molecule has 0 bridgehead atoms. The molecule has 3 aromatic rings. The Hall–Kier alpha value is -2.92. The molecule has 0 saturated heterocycles. The van der Waals surface area contributed by atoms with Crippen LogP contribution in [0.5, 0.6) is 0 Å². The number of aliphatic hydroxyl groups is 1. The molecule has 1 unspecified atom stereocenters. The Labute approximate surface area is 146 Å². The Morgan fingerprint density at radius 1 is 1.12 bits per heavy atom. The summed E-state index contributed by atoms with van der Waals surface area (Å²) in [4.78, 5) is 11.7. The summed E-state index contributed by atoms with van der Waals surface area (Å²) in [6, 6.07) is 20.0. The molecule has 5 nitrogen and oxygen atoms in total. The zero-order valence-electron chi connectivity index (χ0n) is 14.1. The van der Waals surface area contributed by atoms with Crippen LogP contribution in [-0.2, 0) is 17.9 Å². The molecule has 25 heavy (non-hydrogen) atoms. The molecule has 1 heterocycles. The average molecular weight is 335 g/mol. The zero-order chi connectivity index (χ0) is 17.6. The van der Waals surface area contributed by atoms with E-state index in [9.17, 15) is 9.90 Å². The molecule has 0 aliphatic rings. The Balaban J connectivity index is 1.87. The largest absolute Gasteiger partial charge is 0.384 e. The van der Waals surface area contributed by atoms with E-state index in [-0.39, 0.29) is 0 Å². The fraction of sp³-hybridized carbons (Fsp3) is 0.200. The van der Waals surface area contributed by atoms with Crippen molar-refractivity contribution in [1.29, 1.82) is 0 Å². The van der Waals surface area contributed by atoms with Crippen LogP contribution in [0.2, 0.25) is 0 Å². The van der Waals surface area contributed by atoms with Gasteiger partial charge in [-0.15, -0.1) is 0 Å². The van der Waals surface area contributed by atoms with Crippen LogP contribution in [0.3, 0.4) is 0 Å². The summed E-state index contributed by atoms with van der Waals surface area (Å²) < 4.78 is 1.88. The van der Waals surface area contributed by atoms with Crippen molar-refractivity contribution in [3.05, 3.63) is 78.0 Å². The van der Waals surface area contributed by atoms with Crippen LogP contribution in [0.4, 0.5) is 0 Å². The van der Waals surface area contributed by atoms with E-state index in [1.807, 2.05) is 59.4 Å². The molecule has 0 spiro atoms. The first-order valence-electron chi connectivity index (χ1n) is 8.25. The van der Waals surface area contributed by atoms with Crippen molar-refractivity contribution in [3.8, 4) is 11.3 Å². The van der Waals surface area contributed by atoms with Crippen molar-refractivity contribution >= 4 is 5.91 Å². The van der Waals surface area contributed by atoms with Gasteiger partial charge in [0.1, 0.15) is 6.10 Å². The number of rotatable bonds is 6. The molecule has 2 N–H and O–H groups in total. The average Bonchev–Trinajstić information content (AvgIpc) is 3.04. The van der Waals surface area contributed by atoms with Crippen LogP contribution < -0.4 is 5.32 Å². The molecule has 0 fully saturated rings. The monoisotopic (exact) mass is 335 g/mol. The number of amides is 1.